The summed E-state index contributed by atoms with van der Waals surface area (Å²) >= 11 is 0. The zero-order valence-electron chi connectivity index (χ0n) is 37.1. The predicted octanol–water partition coefficient (Wildman–Crippen LogP) is 3.46. The number of nitrogens with zero attached hydrogens (tertiary/aromatic N) is 2. The van der Waals surface area contributed by atoms with E-state index in [1.807, 2.05) is 32.1 Å². The van der Waals surface area contributed by atoms with Crippen LogP contribution in [-0.4, -0.2) is 173 Å². The molecular weight excluding hydrogens is 776 g/mol. The van der Waals surface area contributed by atoms with Gasteiger partial charge >= 0.3 is 18.2 Å². The number of epoxide rings is 1. The quantitative estimate of drug-likeness (QED) is 0.0516. The molecule has 4 aliphatic heterocycles. The first-order chi connectivity index (χ1) is 28.7. The molecule has 0 spiro atoms. The molecule has 4 aliphatic rings. The van der Waals surface area contributed by atoms with Gasteiger partial charge in [-0.2, -0.15) is 0 Å². The van der Waals surface area contributed by atoms with Crippen molar-refractivity contribution in [1.82, 2.24) is 20.4 Å². The Morgan fingerprint density at radius 1 is 1.00 bits per heavy atom. The van der Waals surface area contributed by atoms with Crippen molar-refractivity contribution in [2.75, 3.05) is 92.5 Å². The van der Waals surface area contributed by atoms with Crippen LogP contribution in [0.3, 0.4) is 0 Å². The number of aliphatic hydroxyl groups excluding tert-OH is 1. The van der Waals surface area contributed by atoms with E-state index in [9.17, 15) is 24.6 Å². The van der Waals surface area contributed by atoms with Crippen molar-refractivity contribution in [1.29, 1.82) is 0 Å². The second kappa shape index (κ2) is 25.1. The summed E-state index contributed by atoms with van der Waals surface area (Å²) in [5.41, 5.74) is -0.776. The number of esters is 1. The van der Waals surface area contributed by atoms with Crippen LogP contribution >= 0.6 is 0 Å². The summed E-state index contributed by atoms with van der Waals surface area (Å²) in [5, 5.41) is 27.9. The molecule has 0 aliphatic carbocycles. The number of aliphatic hydroxyl groups is 2. The van der Waals surface area contributed by atoms with Gasteiger partial charge in [-0.25, -0.2) is 9.59 Å². The lowest BCUT2D eigenvalue weighted by atomic mass is 9.85. The molecule has 4 rings (SSSR count). The number of methoxy groups -OCH3 is 1. The molecule has 16 heteroatoms. The van der Waals surface area contributed by atoms with Gasteiger partial charge < -0.3 is 54.0 Å². The van der Waals surface area contributed by atoms with E-state index in [2.05, 4.69) is 41.2 Å². The number of nitrogens with one attached hydrogen (secondary N) is 2. The number of allylic oxidation sites excluding steroid dienone is 3. The van der Waals surface area contributed by atoms with Gasteiger partial charge in [0.25, 0.3) is 0 Å². The van der Waals surface area contributed by atoms with E-state index in [0.29, 0.717) is 46.1 Å². The number of amides is 2. The Hall–Kier alpha value is -3.09. The highest BCUT2D eigenvalue weighted by Crippen LogP contribution is 2.41. The van der Waals surface area contributed by atoms with Crippen LogP contribution in [0.15, 0.2) is 36.0 Å². The highest BCUT2D eigenvalue weighted by atomic mass is 16.6. The first-order valence-corrected chi connectivity index (χ1v) is 22.0. The van der Waals surface area contributed by atoms with Gasteiger partial charge in [-0.05, 0) is 50.7 Å². The van der Waals surface area contributed by atoms with Gasteiger partial charge in [-0.3, -0.25) is 14.6 Å². The second-order valence-electron chi connectivity index (χ2n) is 17.0. The van der Waals surface area contributed by atoms with E-state index in [0.717, 1.165) is 44.7 Å². The minimum Gasteiger partial charge on any atom is -0.457 e. The van der Waals surface area contributed by atoms with Gasteiger partial charge in [0, 0.05) is 77.2 Å². The van der Waals surface area contributed by atoms with Crippen molar-refractivity contribution in [2.45, 2.75) is 109 Å². The SMILES string of the molecule is CCC(OC)C(C)C1OC1C(COC(=O)NCCN1CCOCC1)C(C)/C=C/C=C(\C)C1OC(=O)CC(O)CCC(C)(O)C(OC(=O)NCCN2CCOCC2)/C=C/C1C. The average Bonchev–Trinajstić information content (AvgIpc) is 4.02. The number of morpholine rings is 2. The molecule has 11 atom stereocenters. The Morgan fingerprint density at radius 3 is 2.22 bits per heavy atom. The fraction of sp³-hybridized carbons (Fsp3) is 0.795. The van der Waals surface area contributed by atoms with Crippen LogP contribution in [-0.2, 0) is 38.0 Å². The zero-order chi connectivity index (χ0) is 43.7. The van der Waals surface area contributed by atoms with Crippen LogP contribution in [0.4, 0.5) is 9.59 Å². The van der Waals surface area contributed by atoms with Gasteiger partial charge in [0.05, 0.1) is 63.9 Å². The lowest BCUT2D eigenvalue weighted by molar-refractivity contribution is -0.151. The predicted molar refractivity (Wildman–Crippen MR) is 225 cm³/mol. The molecule has 2 amide bonds. The number of alkyl carbamates (subject to hydrolysis) is 2. The van der Waals surface area contributed by atoms with Crippen LogP contribution in [0, 0.1) is 23.7 Å². The highest BCUT2D eigenvalue weighted by Gasteiger charge is 2.51. The number of carbonyl (C=O) groups is 3. The van der Waals surface area contributed by atoms with E-state index in [1.54, 1.807) is 26.2 Å². The maximum absolute atomic E-state index is 13.1. The summed E-state index contributed by atoms with van der Waals surface area (Å²) in [6.07, 6.45) is 5.98. The molecule has 0 radical (unpaired) electrons. The van der Waals surface area contributed by atoms with Crippen LogP contribution < -0.4 is 10.6 Å². The number of cyclic esters (lactones) is 1. The molecule has 0 bridgehead atoms. The standard InChI is InChI=1S/C44H74N4O12/c1-8-36(54-7)33(5)40-41(60-40)35(29-57-42(51)45-16-18-47-20-24-55-25-21-47)30(2)10-9-11-31(3)39-32(4)12-13-37(44(6,53)15-14-34(49)28-38(50)59-39)58-43(52)46-17-19-48-22-26-56-27-23-48/h9-13,30,32-37,39-41,49,53H,8,14-29H2,1-7H3,(H,45,51)(H,46,52)/b10-9+,13-12+,31-11+. The van der Waals surface area contributed by atoms with Crippen molar-refractivity contribution in [3.63, 3.8) is 0 Å². The van der Waals surface area contributed by atoms with Gasteiger partial charge in [0.2, 0.25) is 0 Å². The highest BCUT2D eigenvalue weighted by molar-refractivity contribution is 5.70. The van der Waals surface area contributed by atoms with Crippen molar-refractivity contribution >= 4 is 18.2 Å². The van der Waals surface area contributed by atoms with E-state index in [4.69, 9.17) is 33.2 Å². The smallest absolute Gasteiger partial charge is 0.407 e. The molecule has 0 saturated carbocycles. The molecule has 11 unspecified atom stereocenters. The Kier molecular flexibility index (Phi) is 20.8. The van der Waals surface area contributed by atoms with Gasteiger partial charge in [-0.15, -0.1) is 0 Å². The fourth-order valence-electron chi connectivity index (χ4n) is 8.15. The normalized spacial score (nSPS) is 31.4. The van der Waals surface area contributed by atoms with E-state index in [-0.39, 0.29) is 61.9 Å². The average molecular weight is 851 g/mol. The Morgan fingerprint density at radius 2 is 1.62 bits per heavy atom. The van der Waals surface area contributed by atoms with E-state index < -0.39 is 48.0 Å². The summed E-state index contributed by atoms with van der Waals surface area (Å²) in [6.45, 7) is 19.9. The zero-order valence-corrected chi connectivity index (χ0v) is 37.1. The van der Waals surface area contributed by atoms with Crippen molar-refractivity contribution in [2.24, 2.45) is 23.7 Å². The summed E-state index contributed by atoms with van der Waals surface area (Å²) in [5.74, 6) is -0.993. The minimum atomic E-state index is -1.52. The van der Waals surface area contributed by atoms with Gasteiger partial charge in [0.15, 0.2) is 6.10 Å². The van der Waals surface area contributed by atoms with Gasteiger partial charge in [-0.1, -0.05) is 52.0 Å². The number of hydrogen-bond donors (Lipinski definition) is 4. The number of carbonyl (C=O) groups excluding carboxylic acids is 3. The second-order valence-corrected chi connectivity index (χ2v) is 17.0. The largest absolute Gasteiger partial charge is 0.457 e. The van der Waals surface area contributed by atoms with Crippen molar-refractivity contribution in [3.05, 3.63) is 36.0 Å². The van der Waals surface area contributed by atoms with Crippen molar-refractivity contribution < 1.29 is 57.8 Å². The Balaban J connectivity index is 1.43. The lowest BCUT2D eigenvalue weighted by Crippen LogP contribution is -2.46. The third-order valence-corrected chi connectivity index (χ3v) is 12.3. The van der Waals surface area contributed by atoms with Crippen LogP contribution in [0.2, 0.25) is 0 Å². The van der Waals surface area contributed by atoms with Gasteiger partial charge in [0.1, 0.15) is 11.7 Å². The molecule has 0 aromatic heterocycles. The number of hydrogen-bond acceptors (Lipinski definition) is 14. The molecule has 4 N–H and O–H groups in total. The first-order valence-electron chi connectivity index (χ1n) is 22.0. The number of rotatable bonds is 18. The summed E-state index contributed by atoms with van der Waals surface area (Å²) in [4.78, 5) is 43.2. The lowest BCUT2D eigenvalue weighted by Gasteiger charge is -2.33. The summed E-state index contributed by atoms with van der Waals surface area (Å²) in [6, 6.07) is 0. The summed E-state index contributed by atoms with van der Waals surface area (Å²) in [7, 11) is 1.71. The summed E-state index contributed by atoms with van der Waals surface area (Å²) < 4.78 is 40.3. The molecule has 60 heavy (non-hydrogen) atoms. The molecule has 4 heterocycles. The van der Waals surface area contributed by atoms with Crippen molar-refractivity contribution in [3.8, 4) is 0 Å². The Labute approximate surface area is 357 Å². The molecule has 0 aromatic rings. The molecule has 3 saturated heterocycles. The third kappa shape index (κ3) is 16.3. The van der Waals surface area contributed by atoms with Crippen LogP contribution in [0.1, 0.15) is 67.2 Å². The fourth-order valence-corrected chi connectivity index (χ4v) is 8.15. The molecular formula is C44H74N4O12. The topological polar surface area (TPSA) is 190 Å². The number of ether oxygens (including phenoxy) is 7. The first kappa shape index (κ1) is 49.6. The minimum absolute atomic E-state index is 0.0330. The third-order valence-electron chi connectivity index (χ3n) is 12.3. The van der Waals surface area contributed by atoms with Crippen LogP contribution in [0.25, 0.3) is 0 Å². The molecule has 16 nitrogen and oxygen atoms in total. The van der Waals surface area contributed by atoms with Crippen LogP contribution in [0.5, 0.6) is 0 Å². The van der Waals surface area contributed by atoms with E-state index >= 15 is 0 Å². The molecule has 0 aromatic carbocycles. The Bertz CT molecular complexity index is 1410. The maximum Gasteiger partial charge on any atom is 0.407 e. The van der Waals surface area contributed by atoms with E-state index in [1.165, 1.54) is 0 Å². The maximum atomic E-state index is 13.1. The monoisotopic (exact) mass is 851 g/mol. The molecule has 342 valence electrons. The molecule has 3 fully saturated rings.